The topological polar surface area (TPSA) is 29.5 Å². The van der Waals surface area contributed by atoms with Crippen LogP contribution in [0.15, 0.2) is 12.1 Å². The van der Waals surface area contributed by atoms with E-state index in [1.54, 1.807) is 0 Å². The van der Waals surface area contributed by atoms with Gasteiger partial charge in [0, 0.05) is 5.56 Å². The number of fused-ring (bicyclic) bond motifs is 1. The van der Waals surface area contributed by atoms with Gasteiger partial charge in [-0.25, -0.2) is 0 Å². The number of aryl methyl sites for hydroxylation is 1. The molecule has 0 bridgehead atoms. The minimum atomic E-state index is 0.175. The third-order valence-corrected chi connectivity index (χ3v) is 5.35. The van der Waals surface area contributed by atoms with Gasteiger partial charge in [-0.1, -0.05) is 47.0 Å². The number of unbranched alkanes of at least 4 members (excludes halogenated alkanes) is 2. The first kappa shape index (κ1) is 17.2. The normalized spacial score (nSPS) is 21.3. The van der Waals surface area contributed by atoms with E-state index < -0.39 is 0 Å². The first-order chi connectivity index (χ1) is 10.4. The standard InChI is InChI=1S/C20H32O2/c1-6-8-9-10-15-12-17(21)19-16(20(4,5)7-2)11-14(3)22-18(19)13-15/h12-14,16,21H,6-11H2,1-5H3. The molecule has 1 aliphatic heterocycles. The van der Waals surface area contributed by atoms with Crippen LogP contribution in [0.3, 0.4) is 0 Å². The lowest BCUT2D eigenvalue weighted by molar-refractivity contribution is 0.125. The van der Waals surface area contributed by atoms with Crippen molar-refractivity contribution in [2.24, 2.45) is 5.41 Å². The van der Waals surface area contributed by atoms with E-state index in [1.165, 1.54) is 24.8 Å². The molecule has 0 saturated carbocycles. The molecule has 22 heavy (non-hydrogen) atoms. The average Bonchev–Trinajstić information content (AvgIpc) is 2.46. The van der Waals surface area contributed by atoms with Gasteiger partial charge >= 0.3 is 0 Å². The molecule has 124 valence electrons. The Morgan fingerprint density at radius 1 is 1.23 bits per heavy atom. The monoisotopic (exact) mass is 304 g/mol. The molecule has 1 aliphatic rings. The summed E-state index contributed by atoms with van der Waals surface area (Å²) < 4.78 is 6.07. The fourth-order valence-electron chi connectivity index (χ4n) is 3.51. The smallest absolute Gasteiger partial charge is 0.127 e. The lowest BCUT2D eigenvalue weighted by Gasteiger charge is -2.40. The molecule has 2 heteroatoms. The van der Waals surface area contributed by atoms with Gasteiger partial charge in [0.05, 0.1) is 6.10 Å². The van der Waals surface area contributed by atoms with Crippen LogP contribution in [0, 0.1) is 5.41 Å². The second-order valence-electron chi connectivity index (χ2n) is 7.54. The summed E-state index contributed by atoms with van der Waals surface area (Å²) >= 11 is 0. The van der Waals surface area contributed by atoms with E-state index in [9.17, 15) is 5.11 Å². The van der Waals surface area contributed by atoms with Crippen LogP contribution < -0.4 is 4.74 Å². The fraction of sp³-hybridized carbons (Fsp3) is 0.700. The molecule has 0 aromatic heterocycles. The number of rotatable bonds is 6. The van der Waals surface area contributed by atoms with E-state index in [-0.39, 0.29) is 11.5 Å². The number of hydrogen-bond donors (Lipinski definition) is 1. The summed E-state index contributed by atoms with van der Waals surface area (Å²) in [5.41, 5.74) is 2.41. The number of ether oxygens (including phenoxy) is 1. The number of aromatic hydroxyl groups is 1. The molecule has 0 fully saturated rings. The van der Waals surface area contributed by atoms with Gasteiger partial charge in [-0.05, 0) is 55.2 Å². The van der Waals surface area contributed by atoms with Crippen molar-refractivity contribution in [3.63, 3.8) is 0 Å². The molecule has 1 N–H and O–H groups in total. The van der Waals surface area contributed by atoms with Crippen LogP contribution in [0.5, 0.6) is 11.5 Å². The Labute approximate surface area is 135 Å². The maximum Gasteiger partial charge on any atom is 0.127 e. The van der Waals surface area contributed by atoms with Crippen molar-refractivity contribution in [2.75, 3.05) is 0 Å². The van der Waals surface area contributed by atoms with Crippen molar-refractivity contribution in [2.45, 2.75) is 85.2 Å². The molecule has 0 saturated heterocycles. The molecule has 1 aromatic carbocycles. The third kappa shape index (κ3) is 3.59. The Morgan fingerprint density at radius 2 is 1.95 bits per heavy atom. The maximum atomic E-state index is 10.6. The van der Waals surface area contributed by atoms with E-state index in [0.29, 0.717) is 11.7 Å². The van der Waals surface area contributed by atoms with Crippen LogP contribution in [-0.4, -0.2) is 11.2 Å². The Hall–Kier alpha value is -1.18. The van der Waals surface area contributed by atoms with Gasteiger partial charge < -0.3 is 9.84 Å². The van der Waals surface area contributed by atoms with Gasteiger partial charge in [-0.3, -0.25) is 0 Å². The number of hydrogen-bond acceptors (Lipinski definition) is 2. The zero-order valence-electron chi connectivity index (χ0n) is 14.9. The van der Waals surface area contributed by atoms with Crippen molar-refractivity contribution in [1.29, 1.82) is 0 Å². The molecule has 2 unspecified atom stereocenters. The van der Waals surface area contributed by atoms with Crippen molar-refractivity contribution in [1.82, 2.24) is 0 Å². The highest BCUT2D eigenvalue weighted by molar-refractivity contribution is 5.51. The van der Waals surface area contributed by atoms with E-state index >= 15 is 0 Å². The third-order valence-electron chi connectivity index (χ3n) is 5.35. The zero-order chi connectivity index (χ0) is 16.3. The highest BCUT2D eigenvalue weighted by atomic mass is 16.5. The largest absolute Gasteiger partial charge is 0.508 e. The minimum absolute atomic E-state index is 0.175. The number of benzene rings is 1. The SMILES string of the molecule is CCCCCc1cc(O)c2c(c1)OC(C)CC2C(C)(C)CC. The Morgan fingerprint density at radius 3 is 2.59 bits per heavy atom. The lowest BCUT2D eigenvalue weighted by atomic mass is 9.69. The lowest BCUT2D eigenvalue weighted by Crippen LogP contribution is -2.31. The molecular weight excluding hydrogens is 272 g/mol. The first-order valence-electron chi connectivity index (χ1n) is 8.91. The average molecular weight is 304 g/mol. The summed E-state index contributed by atoms with van der Waals surface area (Å²) in [4.78, 5) is 0. The van der Waals surface area contributed by atoms with Gasteiger partial charge in [0.1, 0.15) is 11.5 Å². The zero-order valence-corrected chi connectivity index (χ0v) is 14.9. The molecule has 0 spiro atoms. The summed E-state index contributed by atoms with van der Waals surface area (Å²) in [7, 11) is 0. The molecule has 1 aromatic rings. The van der Waals surface area contributed by atoms with Crippen molar-refractivity contribution < 1.29 is 9.84 Å². The first-order valence-corrected chi connectivity index (χ1v) is 8.91. The van der Waals surface area contributed by atoms with Crippen LogP contribution in [0.2, 0.25) is 0 Å². The van der Waals surface area contributed by atoms with E-state index in [2.05, 4.69) is 40.7 Å². The van der Waals surface area contributed by atoms with Gasteiger partial charge in [-0.15, -0.1) is 0 Å². The van der Waals surface area contributed by atoms with Gasteiger partial charge in [0.25, 0.3) is 0 Å². The van der Waals surface area contributed by atoms with Crippen LogP contribution in [0.1, 0.15) is 83.8 Å². The van der Waals surface area contributed by atoms with Crippen LogP contribution in [0.25, 0.3) is 0 Å². The second-order valence-corrected chi connectivity index (χ2v) is 7.54. The quantitative estimate of drug-likeness (QED) is 0.671. The predicted octanol–water partition coefficient (Wildman–Crippen LogP) is 5.82. The summed E-state index contributed by atoms with van der Waals surface area (Å²) in [6, 6.07) is 4.13. The van der Waals surface area contributed by atoms with E-state index in [0.717, 1.165) is 30.6 Å². The molecule has 0 radical (unpaired) electrons. The molecule has 1 heterocycles. The minimum Gasteiger partial charge on any atom is -0.508 e. The maximum absolute atomic E-state index is 10.6. The Bertz CT molecular complexity index is 505. The number of phenols is 1. The van der Waals surface area contributed by atoms with Gasteiger partial charge in [0.2, 0.25) is 0 Å². The number of phenolic OH excluding ortho intramolecular Hbond substituents is 1. The molecule has 2 nitrogen and oxygen atoms in total. The van der Waals surface area contributed by atoms with Crippen molar-refractivity contribution in [3.05, 3.63) is 23.3 Å². The van der Waals surface area contributed by atoms with Gasteiger partial charge in [-0.2, -0.15) is 0 Å². The summed E-state index contributed by atoms with van der Waals surface area (Å²) in [5.74, 6) is 1.71. The second kappa shape index (κ2) is 6.93. The summed E-state index contributed by atoms with van der Waals surface area (Å²) in [5, 5.41) is 10.6. The molecule has 0 aliphatic carbocycles. The highest BCUT2D eigenvalue weighted by Crippen LogP contribution is 2.51. The molecule has 2 atom stereocenters. The fourth-order valence-corrected chi connectivity index (χ4v) is 3.51. The molecule has 2 rings (SSSR count). The molecular formula is C20H32O2. The van der Waals surface area contributed by atoms with Gasteiger partial charge in [0.15, 0.2) is 0 Å². The molecule has 0 amide bonds. The summed E-state index contributed by atoms with van der Waals surface area (Å²) in [6.45, 7) is 11.2. The van der Waals surface area contributed by atoms with Crippen LogP contribution in [0.4, 0.5) is 0 Å². The summed E-state index contributed by atoms with van der Waals surface area (Å²) in [6.07, 6.45) is 6.95. The predicted molar refractivity (Wildman–Crippen MR) is 92.9 cm³/mol. The van der Waals surface area contributed by atoms with E-state index in [4.69, 9.17) is 4.74 Å². The highest BCUT2D eigenvalue weighted by Gasteiger charge is 2.38. The van der Waals surface area contributed by atoms with Crippen molar-refractivity contribution in [3.8, 4) is 11.5 Å². The Kier molecular flexibility index (Phi) is 5.41. The van der Waals surface area contributed by atoms with E-state index in [1.807, 2.05) is 6.07 Å². The van der Waals surface area contributed by atoms with Crippen molar-refractivity contribution >= 4 is 0 Å². The van der Waals surface area contributed by atoms with Crippen LogP contribution >= 0.6 is 0 Å². The Balaban J connectivity index is 2.35. The van der Waals surface area contributed by atoms with Crippen LogP contribution in [-0.2, 0) is 6.42 Å².